The maximum Gasteiger partial charge on any atom is 0.227 e. The smallest absolute Gasteiger partial charge is 0.227 e. The Morgan fingerprint density at radius 2 is 2.11 bits per heavy atom. The van der Waals surface area contributed by atoms with Crippen LogP contribution in [0.2, 0.25) is 0 Å². The van der Waals surface area contributed by atoms with Crippen molar-refractivity contribution in [1.82, 2.24) is 10.1 Å². The molecule has 110 valence electrons. The second-order valence-corrected chi connectivity index (χ2v) is 5.74. The minimum atomic E-state index is -0.474. The molecule has 19 heavy (non-hydrogen) atoms. The van der Waals surface area contributed by atoms with Crippen molar-refractivity contribution < 1.29 is 9.26 Å². The van der Waals surface area contributed by atoms with Gasteiger partial charge in [0, 0.05) is 13.5 Å². The van der Waals surface area contributed by atoms with Gasteiger partial charge in [0.2, 0.25) is 11.7 Å². The third-order valence-corrected chi connectivity index (χ3v) is 3.67. The van der Waals surface area contributed by atoms with Crippen LogP contribution >= 0.6 is 0 Å². The van der Waals surface area contributed by atoms with Crippen LogP contribution in [0.3, 0.4) is 0 Å². The highest BCUT2D eigenvalue weighted by atomic mass is 16.5. The van der Waals surface area contributed by atoms with Crippen molar-refractivity contribution in [1.29, 1.82) is 0 Å². The van der Waals surface area contributed by atoms with E-state index in [1.54, 1.807) is 7.11 Å². The Kier molecular flexibility index (Phi) is 5.94. The van der Waals surface area contributed by atoms with E-state index in [2.05, 4.69) is 24.0 Å². The summed E-state index contributed by atoms with van der Waals surface area (Å²) in [5, 5.41) is 4.04. The van der Waals surface area contributed by atoms with E-state index in [9.17, 15) is 0 Å². The number of hydrogen-bond acceptors (Lipinski definition) is 5. The molecule has 5 nitrogen and oxygen atoms in total. The molecule has 0 amide bonds. The van der Waals surface area contributed by atoms with Crippen LogP contribution in [-0.4, -0.2) is 23.8 Å². The van der Waals surface area contributed by atoms with E-state index in [4.69, 9.17) is 15.0 Å². The highest BCUT2D eigenvalue weighted by molar-refractivity contribution is 4.99. The molecule has 0 radical (unpaired) electrons. The summed E-state index contributed by atoms with van der Waals surface area (Å²) >= 11 is 0. The number of methoxy groups -OCH3 is 1. The molecule has 0 saturated carbocycles. The van der Waals surface area contributed by atoms with Gasteiger partial charge in [-0.3, -0.25) is 0 Å². The molecule has 1 unspecified atom stereocenters. The molecule has 1 aromatic heterocycles. The van der Waals surface area contributed by atoms with E-state index in [0.29, 0.717) is 30.1 Å². The number of nitrogens with two attached hydrogens (primary N) is 1. The summed E-state index contributed by atoms with van der Waals surface area (Å²) in [6.07, 6.45) is 2.61. The maximum atomic E-state index is 5.80. The van der Waals surface area contributed by atoms with E-state index in [1.165, 1.54) is 0 Å². The summed E-state index contributed by atoms with van der Waals surface area (Å²) in [7, 11) is 1.67. The number of rotatable bonds is 8. The Hall–Kier alpha value is -0.940. The summed E-state index contributed by atoms with van der Waals surface area (Å²) in [4.78, 5) is 4.46. The molecule has 0 aliphatic carbocycles. The lowest BCUT2D eigenvalue weighted by molar-refractivity contribution is -0.0106. The fraction of sp³-hybridized carbons (Fsp3) is 0.857. The highest BCUT2D eigenvalue weighted by Crippen LogP contribution is 2.26. The summed E-state index contributed by atoms with van der Waals surface area (Å²) in [6, 6.07) is 0. The van der Waals surface area contributed by atoms with Gasteiger partial charge in [0.1, 0.15) is 5.60 Å². The SMILES string of the molecule is CCC(C)(OC)c1noc(C[C@@H](CN)CC(C)C)n1. The van der Waals surface area contributed by atoms with E-state index in [1.807, 2.05) is 13.8 Å². The van der Waals surface area contributed by atoms with Crippen molar-refractivity contribution in [2.75, 3.05) is 13.7 Å². The molecule has 2 N–H and O–H groups in total. The largest absolute Gasteiger partial charge is 0.370 e. The molecular formula is C14H27N3O2. The van der Waals surface area contributed by atoms with Gasteiger partial charge in [-0.1, -0.05) is 25.9 Å². The van der Waals surface area contributed by atoms with Gasteiger partial charge in [-0.05, 0) is 38.1 Å². The van der Waals surface area contributed by atoms with Crippen molar-refractivity contribution in [3.63, 3.8) is 0 Å². The molecule has 1 rings (SSSR count). The zero-order chi connectivity index (χ0) is 14.5. The first-order valence-corrected chi connectivity index (χ1v) is 7.03. The molecule has 0 bridgehead atoms. The third-order valence-electron chi connectivity index (χ3n) is 3.67. The minimum Gasteiger partial charge on any atom is -0.370 e. The van der Waals surface area contributed by atoms with Gasteiger partial charge < -0.3 is 15.0 Å². The molecular weight excluding hydrogens is 242 g/mol. The Balaban J connectivity index is 2.74. The van der Waals surface area contributed by atoms with Gasteiger partial charge in [-0.2, -0.15) is 4.98 Å². The van der Waals surface area contributed by atoms with Gasteiger partial charge in [0.05, 0.1) is 0 Å². The molecule has 0 aliphatic rings. The third kappa shape index (κ3) is 4.28. The predicted molar refractivity (Wildman–Crippen MR) is 74.7 cm³/mol. The van der Waals surface area contributed by atoms with Crippen molar-refractivity contribution in [3.05, 3.63) is 11.7 Å². The highest BCUT2D eigenvalue weighted by Gasteiger charge is 2.30. The fourth-order valence-electron chi connectivity index (χ4n) is 2.12. The number of hydrogen-bond donors (Lipinski definition) is 1. The molecule has 0 saturated heterocycles. The van der Waals surface area contributed by atoms with Crippen molar-refractivity contribution in [2.45, 2.75) is 52.6 Å². The van der Waals surface area contributed by atoms with Gasteiger partial charge in [0.15, 0.2) is 0 Å². The lowest BCUT2D eigenvalue weighted by atomic mass is 9.94. The molecule has 2 atom stereocenters. The van der Waals surface area contributed by atoms with Crippen LogP contribution in [-0.2, 0) is 16.8 Å². The average Bonchev–Trinajstić information content (AvgIpc) is 2.85. The first-order valence-electron chi connectivity index (χ1n) is 7.03. The van der Waals surface area contributed by atoms with Crippen LogP contribution in [0.4, 0.5) is 0 Å². The Morgan fingerprint density at radius 1 is 1.42 bits per heavy atom. The molecule has 5 heteroatoms. The first-order chi connectivity index (χ1) is 8.95. The normalized spacial score (nSPS) is 16.6. The van der Waals surface area contributed by atoms with Crippen LogP contribution < -0.4 is 5.73 Å². The molecule has 1 heterocycles. The zero-order valence-corrected chi connectivity index (χ0v) is 12.8. The minimum absolute atomic E-state index is 0.392. The van der Waals surface area contributed by atoms with E-state index in [0.717, 1.165) is 19.3 Å². The van der Waals surface area contributed by atoms with Crippen LogP contribution in [0, 0.1) is 11.8 Å². The van der Waals surface area contributed by atoms with E-state index in [-0.39, 0.29) is 0 Å². The Bertz CT molecular complexity index is 373. The number of aromatic nitrogens is 2. The Labute approximate surface area is 115 Å². The van der Waals surface area contributed by atoms with E-state index >= 15 is 0 Å². The Morgan fingerprint density at radius 3 is 2.58 bits per heavy atom. The van der Waals surface area contributed by atoms with Crippen molar-refractivity contribution in [3.8, 4) is 0 Å². The predicted octanol–water partition coefficient (Wildman–Crippen LogP) is 2.50. The molecule has 0 aromatic carbocycles. The van der Waals surface area contributed by atoms with Crippen molar-refractivity contribution >= 4 is 0 Å². The van der Waals surface area contributed by atoms with Crippen LogP contribution in [0.25, 0.3) is 0 Å². The summed E-state index contributed by atoms with van der Waals surface area (Å²) in [5.74, 6) is 2.29. The molecule has 1 aromatic rings. The summed E-state index contributed by atoms with van der Waals surface area (Å²) in [5.41, 5.74) is 5.33. The second-order valence-electron chi connectivity index (χ2n) is 5.74. The average molecular weight is 269 g/mol. The fourth-order valence-corrected chi connectivity index (χ4v) is 2.12. The van der Waals surface area contributed by atoms with E-state index < -0.39 is 5.60 Å². The number of ether oxygens (including phenoxy) is 1. The van der Waals surface area contributed by atoms with Crippen LogP contribution in [0.15, 0.2) is 4.52 Å². The second kappa shape index (κ2) is 7.01. The van der Waals surface area contributed by atoms with Gasteiger partial charge in [0.25, 0.3) is 0 Å². The lowest BCUT2D eigenvalue weighted by Crippen LogP contribution is -2.25. The molecule has 0 fully saturated rings. The quantitative estimate of drug-likeness (QED) is 0.785. The summed E-state index contributed by atoms with van der Waals surface area (Å²) < 4.78 is 10.8. The topological polar surface area (TPSA) is 74.2 Å². The van der Waals surface area contributed by atoms with Crippen LogP contribution in [0.1, 0.15) is 52.3 Å². The molecule has 0 spiro atoms. The summed E-state index contributed by atoms with van der Waals surface area (Å²) in [6.45, 7) is 9.05. The van der Waals surface area contributed by atoms with Gasteiger partial charge >= 0.3 is 0 Å². The first kappa shape index (κ1) is 16.1. The molecule has 0 aliphatic heterocycles. The van der Waals surface area contributed by atoms with Gasteiger partial charge in [-0.25, -0.2) is 0 Å². The monoisotopic (exact) mass is 269 g/mol. The van der Waals surface area contributed by atoms with Gasteiger partial charge in [-0.15, -0.1) is 0 Å². The number of nitrogens with zero attached hydrogens (tertiary/aromatic N) is 2. The van der Waals surface area contributed by atoms with Crippen molar-refractivity contribution in [2.24, 2.45) is 17.6 Å². The zero-order valence-electron chi connectivity index (χ0n) is 12.8. The lowest BCUT2D eigenvalue weighted by Gasteiger charge is -2.21. The van der Waals surface area contributed by atoms with Crippen LogP contribution in [0.5, 0.6) is 0 Å². The standard InChI is InChI=1S/C14H27N3O2/c1-6-14(4,18-5)13-16-12(19-17-13)8-11(9-15)7-10(2)3/h10-11H,6-9,15H2,1-5H3/t11-,14?/m0/s1. The maximum absolute atomic E-state index is 5.80.